The molecule has 1 saturated carbocycles. The number of para-hydroxylation sites is 1. The van der Waals surface area contributed by atoms with Crippen molar-refractivity contribution in [2.45, 2.75) is 63.5 Å². The molecule has 2 aliphatic rings. The lowest BCUT2D eigenvalue weighted by atomic mass is 9.89. The van der Waals surface area contributed by atoms with Crippen molar-refractivity contribution in [1.29, 1.82) is 0 Å². The van der Waals surface area contributed by atoms with Crippen LogP contribution in [0.4, 0.5) is 0 Å². The van der Waals surface area contributed by atoms with E-state index in [1.54, 1.807) is 6.20 Å². The van der Waals surface area contributed by atoms with Crippen LogP contribution in [0.3, 0.4) is 0 Å². The molecule has 2 heterocycles. The molecule has 1 aromatic carbocycles. The number of pyridine rings is 1. The second-order valence-electron chi connectivity index (χ2n) is 10.1. The van der Waals surface area contributed by atoms with Crippen molar-refractivity contribution >= 4 is 28.7 Å². The minimum absolute atomic E-state index is 0.00393. The predicted octanol–water partition coefficient (Wildman–Crippen LogP) is 2.16. The smallest absolute Gasteiger partial charge is 0.252 e. The highest BCUT2D eigenvalue weighted by Gasteiger charge is 2.32. The Morgan fingerprint density at radius 1 is 1.17 bits per heavy atom. The van der Waals surface area contributed by atoms with E-state index in [1.165, 1.54) is 32.1 Å². The number of hydrogen-bond donors (Lipinski definition) is 4. The summed E-state index contributed by atoms with van der Waals surface area (Å²) in [4.78, 5) is 36.8. The van der Waals surface area contributed by atoms with Crippen molar-refractivity contribution in [3.8, 4) is 0 Å². The molecule has 0 bridgehead atoms. The van der Waals surface area contributed by atoms with E-state index in [-0.39, 0.29) is 29.9 Å². The Balaban J connectivity index is 1.38. The van der Waals surface area contributed by atoms with E-state index in [2.05, 4.69) is 20.6 Å². The fourth-order valence-electron chi connectivity index (χ4n) is 5.33. The first-order chi connectivity index (χ1) is 17.5. The van der Waals surface area contributed by atoms with Gasteiger partial charge in [-0.2, -0.15) is 0 Å². The minimum atomic E-state index is -0.311. The van der Waals surface area contributed by atoms with Gasteiger partial charge in [-0.3, -0.25) is 19.6 Å². The molecule has 0 unspecified atom stereocenters. The van der Waals surface area contributed by atoms with E-state index >= 15 is 0 Å². The molecule has 0 radical (unpaired) electrons. The summed E-state index contributed by atoms with van der Waals surface area (Å²) >= 11 is 0. The van der Waals surface area contributed by atoms with E-state index in [1.807, 2.05) is 35.2 Å². The summed E-state index contributed by atoms with van der Waals surface area (Å²) in [5.74, 6) is 0.645. The first kappa shape index (κ1) is 25.9. The predicted molar refractivity (Wildman–Crippen MR) is 142 cm³/mol. The molecule has 2 aromatic rings. The lowest BCUT2D eigenvalue weighted by Gasteiger charge is -2.30. The number of nitrogens with zero attached hydrogens (tertiary/aromatic N) is 3. The average molecular weight is 494 g/mol. The summed E-state index contributed by atoms with van der Waals surface area (Å²) in [6.45, 7) is 2.46. The molecule has 2 atom stereocenters. The van der Waals surface area contributed by atoms with Crippen LogP contribution in [0, 0.1) is 5.92 Å². The lowest BCUT2D eigenvalue weighted by molar-refractivity contribution is -0.133. The van der Waals surface area contributed by atoms with Gasteiger partial charge in [0.1, 0.15) is 0 Å². The molecule has 0 spiro atoms. The number of aliphatic imine (C=N–C) groups is 1. The fourth-order valence-corrected chi connectivity index (χ4v) is 5.33. The third-order valence-electron chi connectivity index (χ3n) is 7.30. The molecule has 2 amide bonds. The number of amides is 2. The van der Waals surface area contributed by atoms with Gasteiger partial charge in [-0.05, 0) is 50.2 Å². The maximum Gasteiger partial charge on any atom is 0.252 e. The number of guanidine groups is 1. The SMILES string of the molecule is NC(N)=NCCC[C@@H]1N[C@@H](CNC(=O)c2cnc3ccccc3c2)CCN(CC2CCCCC2)C1=O. The number of benzene rings is 1. The number of carbonyl (C=O) groups is 2. The highest BCUT2D eigenvalue weighted by molar-refractivity contribution is 5.97. The minimum Gasteiger partial charge on any atom is -0.370 e. The van der Waals surface area contributed by atoms with Gasteiger partial charge in [0.15, 0.2) is 5.96 Å². The zero-order chi connectivity index (χ0) is 25.3. The highest BCUT2D eigenvalue weighted by atomic mass is 16.2. The Labute approximate surface area is 213 Å². The molecule has 1 aliphatic carbocycles. The van der Waals surface area contributed by atoms with Gasteiger partial charge in [0.25, 0.3) is 5.91 Å². The van der Waals surface area contributed by atoms with Crippen LogP contribution >= 0.6 is 0 Å². The highest BCUT2D eigenvalue weighted by Crippen LogP contribution is 2.25. The molecule has 36 heavy (non-hydrogen) atoms. The number of hydrogen-bond acceptors (Lipinski definition) is 5. The van der Waals surface area contributed by atoms with Gasteiger partial charge in [0, 0.05) is 43.8 Å². The van der Waals surface area contributed by atoms with Crippen molar-refractivity contribution in [2.75, 3.05) is 26.2 Å². The van der Waals surface area contributed by atoms with E-state index in [0.29, 0.717) is 44.0 Å². The first-order valence-corrected chi connectivity index (χ1v) is 13.2. The Bertz CT molecular complexity index is 1060. The molecule has 1 saturated heterocycles. The number of fused-ring (bicyclic) bond motifs is 1. The van der Waals surface area contributed by atoms with Crippen LogP contribution in [-0.2, 0) is 4.79 Å². The van der Waals surface area contributed by atoms with Gasteiger partial charge in [-0.15, -0.1) is 0 Å². The lowest BCUT2D eigenvalue weighted by Crippen LogP contribution is -2.49. The van der Waals surface area contributed by atoms with E-state index < -0.39 is 0 Å². The zero-order valence-corrected chi connectivity index (χ0v) is 21.0. The number of nitrogens with two attached hydrogens (primary N) is 2. The van der Waals surface area contributed by atoms with Gasteiger partial charge in [-0.25, -0.2) is 0 Å². The molecule has 9 heteroatoms. The Kier molecular flexibility index (Phi) is 9.11. The zero-order valence-electron chi connectivity index (χ0n) is 21.0. The number of aromatic nitrogens is 1. The number of rotatable bonds is 9. The number of carbonyl (C=O) groups excluding carboxylic acids is 2. The van der Waals surface area contributed by atoms with Crippen molar-refractivity contribution < 1.29 is 9.59 Å². The molecular weight excluding hydrogens is 454 g/mol. The van der Waals surface area contributed by atoms with Crippen molar-refractivity contribution in [2.24, 2.45) is 22.4 Å². The molecule has 9 nitrogen and oxygen atoms in total. The summed E-state index contributed by atoms with van der Waals surface area (Å²) < 4.78 is 0. The summed E-state index contributed by atoms with van der Waals surface area (Å²) in [5, 5.41) is 7.51. The van der Waals surface area contributed by atoms with Crippen LogP contribution < -0.4 is 22.1 Å². The molecule has 4 rings (SSSR count). The van der Waals surface area contributed by atoms with Gasteiger partial charge >= 0.3 is 0 Å². The molecule has 1 aromatic heterocycles. The molecule has 6 N–H and O–H groups in total. The van der Waals surface area contributed by atoms with Crippen LogP contribution in [0.1, 0.15) is 61.7 Å². The topological polar surface area (TPSA) is 139 Å². The van der Waals surface area contributed by atoms with Crippen LogP contribution in [0.2, 0.25) is 0 Å². The van der Waals surface area contributed by atoms with Crippen LogP contribution in [-0.4, -0.2) is 65.9 Å². The van der Waals surface area contributed by atoms with Crippen molar-refractivity contribution in [1.82, 2.24) is 20.5 Å². The van der Waals surface area contributed by atoms with E-state index in [9.17, 15) is 9.59 Å². The molecule has 1 aliphatic heterocycles. The van der Waals surface area contributed by atoms with Gasteiger partial charge in [0.2, 0.25) is 5.91 Å². The third-order valence-corrected chi connectivity index (χ3v) is 7.30. The van der Waals surface area contributed by atoms with Crippen molar-refractivity contribution in [3.05, 3.63) is 42.1 Å². The van der Waals surface area contributed by atoms with Gasteiger partial charge in [-0.1, -0.05) is 37.5 Å². The summed E-state index contributed by atoms with van der Waals surface area (Å²) in [5.41, 5.74) is 12.3. The monoisotopic (exact) mass is 493 g/mol. The maximum atomic E-state index is 13.5. The Hall–Kier alpha value is -3.20. The fraction of sp³-hybridized carbons (Fsp3) is 0.556. The van der Waals surface area contributed by atoms with Gasteiger partial charge in [0.05, 0.1) is 17.1 Å². The van der Waals surface area contributed by atoms with Crippen LogP contribution in [0.25, 0.3) is 10.9 Å². The summed E-state index contributed by atoms with van der Waals surface area (Å²) in [7, 11) is 0. The molecule has 2 fully saturated rings. The standard InChI is InChI=1S/C27H39N7O2/c28-27(29)30-13-6-11-24-26(36)34(18-19-7-2-1-3-8-19)14-12-22(33-24)17-32-25(35)21-15-20-9-4-5-10-23(20)31-16-21/h4-5,9-10,15-16,19,22,24,33H,1-3,6-8,11-14,17-18H2,(H,32,35)(H4,28,29,30)/t22-,24+/m1/s1. The second-order valence-corrected chi connectivity index (χ2v) is 10.1. The quantitative estimate of drug-likeness (QED) is 0.240. The number of nitrogens with one attached hydrogen (secondary N) is 2. The van der Waals surface area contributed by atoms with Gasteiger partial charge < -0.3 is 27.0 Å². The first-order valence-electron chi connectivity index (χ1n) is 13.2. The molecule has 194 valence electrons. The third kappa shape index (κ3) is 7.16. The van der Waals surface area contributed by atoms with Crippen LogP contribution in [0.15, 0.2) is 41.5 Å². The van der Waals surface area contributed by atoms with E-state index in [0.717, 1.165) is 23.9 Å². The Morgan fingerprint density at radius 3 is 2.78 bits per heavy atom. The van der Waals surface area contributed by atoms with E-state index in [4.69, 9.17) is 11.5 Å². The Morgan fingerprint density at radius 2 is 1.97 bits per heavy atom. The maximum absolute atomic E-state index is 13.5. The largest absolute Gasteiger partial charge is 0.370 e. The summed E-state index contributed by atoms with van der Waals surface area (Å²) in [6.07, 6.45) is 9.97. The summed E-state index contributed by atoms with van der Waals surface area (Å²) in [6, 6.07) is 9.29. The second kappa shape index (κ2) is 12.7. The normalized spacial score (nSPS) is 21.2. The molecular formula is C27H39N7O2. The average Bonchev–Trinajstić information content (AvgIpc) is 3.04. The van der Waals surface area contributed by atoms with Crippen molar-refractivity contribution in [3.63, 3.8) is 0 Å². The van der Waals surface area contributed by atoms with Crippen LogP contribution in [0.5, 0.6) is 0 Å².